The third-order valence-corrected chi connectivity index (χ3v) is 4.35. The zero-order chi connectivity index (χ0) is 9.10. The van der Waals surface area contributed by atoms with Crippen molar-refractivity contribution in [3.8, 4) is 0 Å². The van der Waals surface area contributed by atoms with Crippen LogP contribution in [0, 0.1) is 5.41 Å². The average molecular weight is 182 g/mol. The Balaban J connectivity index is 1.83. The van der Waals surface area contributed by atoms with E-state index in [9.17, 15) is 0 Å². The summed E-state index contributed by atoms with van der Waals surface area (Å²) in [6.45, 7) is 2.23. The van der Waals surface area contributed by atoms with Crippen LogP contribution in [0.1, 0.15) is 39.0 Å². The second-order valence-electron chi connectivity index (χ2n) is 5.10. The highest BCUT2D eigenvalue weighted by Crippen LogP contribution is 2.63. The van der Waals surface area contributed by atoms with Crippen molar-refractivity contribution in [3.05, 3.63) is 0 Å². The summed E-state index contributed by atoms with van der Waals surface area (Å²) in [6, 6.07) is 0. The fourth-order valence-electron chi connectivity index (χ4n) is 3.00. The molecule has 2 spiro atoms. The molecule has 1 aliphatic heterocycles. The quantitative estimate of drug-likeness (QED) is 0.618. The van der Waals surface area contributed by atoms with Gasteiger partial charge in [-0.2, -0.15) is 0 Å². The Bertz CT molecular complexity index is 228. The molecule has 2 heteroatoms. The third-order valence-electron chi connectivity index (χ3n) is 4.35. The van der Waals surface area contributed by atoms with Crippen LogP contribution in [0.15, 0.2) is 0 Å². The van der Waals surface area contributed by atoms with Crippen LogP contribution in [0.4, 0.5) is 0 Å². The lowest BCUT2D eigenvalue weighted by Crippen LogP contribution is -2.46. The molecule has 0 amide bonds. The number of methoxy groups -OCH3 is 1. The van der Waals surface area contributed by atoms with Gasteiger partial charge in [-0.3, -0.25) is 0 Å². The smallest absolute Gasteiger partial charge is 0.0713 e. The maximum absolute atomic E-state index is 6.11. The van der Waals surface area contributed by atoms with Gasteiger partial charge in [-0.25, -0.2) is 0 Å². The molecule has 1 saturated heterocycles. The van der Waals surface area contributed by atoms with Gasteiger partial charge < -0.3 is 9.47 Å². The van der Waals surface area contributed by atoms with Gasteiger partial charge >= 0.3 is 0 Å². The van der Waals surface area contributed by atoms with Crippen molar-refractivity contribution < 1.29 is 9.47 Å². The van der Waals surface area contributed by atoms with Crippen LogP contribution in [0.5, 0.6) is 0 Å². The topological polar surface area (TPSA) is 18.5 Å². The molecule has 3 fully saturated rings. The van der Waals surface area contributed by atoms with Gasteiger partial charge in [-0.1, -0.05) is 0 Å². The summed E-state index contributed by atoms with van der Waals surface area (Å²) in [5.41, 5.74) is 0.649. The van der Waals surface area contributed by atoms with Crippen molar-refractivity contribution in [3.63, 3.8) is 0 Å². The Hall–Kier alpha value is -0.0800. The van der Waals surface area contributed by atoms with Crippen LogP contribution < -0.4 is 0 Å². The summed E-state index contributed by atoms with van der Waals surface area (Å²) in [7, 11) is 1.86. The van der Waals surface area contributed by atoms with Crippen molar-refractivity contribution in [1.29, 1.82) is 0 Å². The second kappa shape index (κ2) is 2.29. The molecule has 3 rings (SSSR count). The molecule has 2 aliphatic carbocycles. The van der Waals surface area contributed by atoms with Crippen LogP contribution in [-0.4, -0.2) is 24.9 Å². The van der Waals surface area contributed by atoms with E-state index in [1.54, 1.807) is 0 Å². The fourth-order valence-corrected chi connectivity index (χ4v) is 3.00. The largest absolute Gasteiger partial charge is 0.381 e. The minimum atomic E-state index is 0.244. The van der Waals surface area contributed by atoms with E-state index in [0.29, 0.717) is 17.6 Å². The molecule has 13 heavy (non-hydrogen) atoms. The van der Waals surface area contributed by atoms with E-state index in [1.165, 1.54) is 25.7 Å². The molecule has 2 atom stereocenters. The van der Waals surface area contributed by atoms with E-state index in [4.69, 9.17) is 9.47 Å². The Labute approximate surface area is 79.6 Å². The molecule has 2 saturated carbocycles. The molecular formula is C11H18O2. The molecule has 0 radical (unpaired) electrons. The zero-order valence-corrected chi connectivity index (χ0v) is 8.51. The molecule has 0 unspecified atom stereocenters. The maximum atomic E-state index is 6.11. The van der Waals surface area contributed by atoms with Crippen LogP contribution in [0.3, 0.4) is 0 Å². The first-order valence-electron chi connectivity index (χ1n) is 5.41. The Kier molecular flexibility index (Phi) is 1.45. The van der Waals surface area contributed by atoms with E-state index >= 15 is 0 Å². The van der Waals surface area contributed by atoms with Crippen molar-refractivity contribution in [1.82, 2.24) is 0 Å². The molecule has 2 nitrogen and oxygen atoms in total. The van der Waals surface area contributed by atoms with Crippen molar-refractivity contribution in [2.45, 2.75) is 56.8 Å². The van der Waals surface area contributed by atoms with Gasteiger partial charge in [0.2, 0.25) is 0 Å². The lowest BCUT2D eigenvalue weighted by molar-refractivity contribution is -0.162. The molecule has 0 aromatic carbocycles. The van der Waals surface area contributed by atoms with E-state index < -0.39 is 0 Å². The van der Waals surface area contributed by atoms with Gasteiger partial charge in [0.15, 0.2) is 0 Å². The molecule has 74 valence electrons. The highest BCUT2D eigenvalue weighted by molar-refractivity contribution is 5.13. The summed E-state index contributed by atoms with van der Waals surface area (Å²) in [6.07, 6.45) is 7.17. The first kappa shape index (κ1) is 8.25. The van der Waals surface area contributed by atoms with Crippen LogP contribution in [0.2, 0.25) is 0 Å². The van der Waals surface area contributed by atoms with Gasteiger partial charge in [0.05, 0.1) is 17.8 Å². The second-order valence-corrected chi connectivity index (χ2v) is 5.10. The standard InChI is InChI=1S/C11H18O2/c1-8-11(5-6-11)9(12-2)7-10(13-8)3-4-10/h8-9H,3-7H2,1-2H3/t8-,9-/m0/s1. The molecule has 3 aliphatic rings. The van der Waals surface area contributed by atoms with Crippen LogP contribution in [-0.2, 0) is 9.47 Å². The number of rotatable bonds is 1. The molecule has 0 N–H and O–H groups in total. The van der Waals surface area contributed by atoms with Crippen LogP contribution >= 0.6 is 0 Å². The van der Waals surface area contributed by atoms with Gasteiger partial charge in [0, 0.05) is 18.9 Å². The lowest BCUT2D eigenvalue weighted by atomic mass is 9.85. The molecular weight excluding hydrogens is 164 g/mol. The van der Waals surface area contributed by atoms with Gasteiger partial charge in [0.1, 0.15) is 0 Å². The predicted octanol–water partition coefficient (Wildman–Crippen LogP) is 2.12. The van der Waals surface area contributed by atoms with Crippen molar-refractivity contribution in [2.75, 3.05) is 7.11 Å². The van der Waals surface area contributed by atoms with Gasteiger partial charge in [-0.05, 0) is 32.6 Å². The highest BCUT2D eigenvalue weighted by Gasteiger charge is 2.64. The minimum absolute atomic E-state index is 0.244. The first-order chi connectivity index (χ1) is 6.21. The summed E-state index contributed by atoms with van der Waals surface area (Å²) in [5, 5.41) is 0. The normalized spacial score (nSPS) is 43.8. The Morgan fingerprint density at radius 3 is 2.38 bits per heavy atom. The summed E-state index contributed by atoms with van der Waals surface area (Å²) in [4.78, 5) is 0. The first-order valence-corrected chi connectivity index (χ1v) is 5.41. The Morgan fingerprint density at radius 2 is 1.92 bits per heavy atom. The van der Waals surface area contributed by atoms with E-state index in [0.717, 1.165) is 6.42 Å². The summed E-state index contributed by atoms with van der Waals surface area (Å²) in [5.74, 6) is 0. The third kappa shape index (κ3) is 1.02. The molecule has 0 aromatic rings. The van der Waals surface area contributed by atoms with E-state index in [2.05, 4.69) is 6.92 Å². The maximum Gasteiger partial charge on any atom is 0.0713 e. The predicted molar refractivity (Wildman–Crippen MR) is 49.6 cm³/mol. The number of ether oxygens (including phenoxy) is 2. The monoisotopic (exact) mass is 182 g/mol. The molecule has 0 aromatic heterocycles. The summed E-state index contributed by atoms with van der Waals surface area (Å²) >= 11 is 0. The van der Waals surface area contributed by atoms with Crippen molar-refractivity contribution >= 4 is 0 Å². The number of hydrogen-bond donors (Lipinski definition) is 0. The number of hydrogen-bond acceptors (Lipinski definition) is 2. The zero-order valence-electron chi connectivity index (χ0n) is 8.51. The molecule has 1 heterocycles. The summed E-state index contributed by atoms with van der Waals surface area (Å²) < 4.78 is 11.7. The van der Waals surface area contributed by atoms with Gasteiger partial charge in [-0.15, -0.1) is 0 Å². The Morgan fingerprint density at radius 1 is 1.23 bits per heavy atom. The SMILES string of the molecule is CO[C@H]1CC2(CC2)O[C@@H](C)C12CC2. The lowest BCUT2D eigenvalue weighted by Gasteiger charge is -2.41. The van der Waals surface area contributed by atoms with Crippen molar-refractivity contribution in [2.24, 2.45) is 5.41 Å². The van der Waals surface area contributed by atoms with E-state index in [1.807, 2.05) is 7.11 Å². The van der Waals surface area contributed by atoms with Gasteiger partial charge in [0.25, 0.3) is 0 Å². The van der Waals surface area contributed by atoms with E-state index in [-0.39, 0.29) is 5.60 Å². The highest BCUT2D eigenvalue weighted by atomic mass is 16.5. The van der Waals surface area contributed by atoms with Crippen LogP contribution in [0.25, 0.3) is 0 Å². The molecule has 0 bridgehead atoms. The minimum Gasteiger partial charge on any atom is -0.381 e. The fraction of sp³-hybridized carbons (Fsp3) is 1.00. The average Bonchev–Trinajstić information content (AvgIpc) is 2.94.